The lowest BCUT2D eigenvalue weighted by atomic mass is 9.53. The van der Waals surface area contributed by atoms with E-state index in [2.05, 4.69) is 24.1 Å². The van der Waals surface area contributed by atoms with Crippen LogP contribution in [0.2, 0.25) is 0 Å². The molecule has 0 aromatic rings. The van der Waals surface area contributed by atoms with Crippen molar-refractivity contribution >= 4 is 0 Å². The van der Waals surface area contributed by atoms with Crippen LogP contribution in [0, 0.1) is 23.7 Å². The van der Waals surface area contributed by atoms with E-state index in [1.54, 1.807) is 32.1 Å². The summed E-state index contributed by atoms with van der Waals surface area (Å²) in [7, 11) is 0. The van der Waals surface area contributed by atoms with Crippen molar-refractivity contribution in [3.05, 3.63) is 0 Å². The molecule has 0 unspecified atom stereocenters. The number of nitrogens with zero attached hydrogens (tertiary/aromatic N) is 1. The van der Waals surface area contributed by atoms with Gasteiger partial charge in [-0.25, -0.2) is 0 Å². The van der Waals surface area contributed by atoms with Crippen molar-refractivity contribution in [2.24, 2.45) is 23.7 Å². The fourth-order valence-corrected chi connectivity index (χ4v) is 5.93. The van der Waals surface area contributed by atoms with Gasteiger partial charge in [0.15, 0.2) is 0 Å². The van der Waals surface area contributed by atoms with Gasteiger partial charge in [0.2, 0.25) is 0 Å². The standard InChI is InChI=1S/C16H28N2/c1-16(2)10-18(4-3-17-16)15-13-6-11-5-12(8-13)9-14(15)7-11/h11-15,17H,3-10H2,1-2H3. The van der Waals surface area contributed by atoms with Crippen LogP contribution in [0.15, 0.2) is 0 Å². The van der Waals surface area contributed by atoms with Crippen molar-refractivity contribution in [2.75, 3.05) is 19.6 Å². The molecule has 0 atom stereocenters. The van der Waals surface area contributed by atoms with Gasteiger partial charge in [-0.05, 0) is 69.6 Å². The molecule has 4 saturated carbocycles. The number of nitrogens with one attached hydrogen (secondary N) is 1. The predicted octanol–water partition coefficient (Wildman–Crippen LogP) is 2.49. The highest BCUT2D eigenvalue weighted by atomic mass is 15.2. The van der Waals surface area contributed by atoms with Crippen LogP contribution in [0.4, 0.5) is 0 Å². The normalized spacial score (nSPS) is 50.7. The van der Waals surface area contributed by atoms with E-state index in [1.807, 2.05) is 0 Å². The van der Waals surface area contributed by atoms with E-state index in [9.17, 15) is 0 Å². The molecule has 4 aliphatic carbocycles. The Balaban J connectivity index is 1.54. The van der Waals surface area contributed by atoms with Gasteiger partial charge >= 0.3 is 0 Å². The molecule has 2 heteroatoms. The number of piperazine rings is 1. The quantitative estimate of drug-likeness (QED) is 0.767. The van der Waals surface area contributed by atoms with Crippen LogP contribution in [0.1, 0.15) is 46.0 Å². The summed E-state index contributed by atoms with van der Waals surface area (Å²) < 4.78 is 0. The van der Waals surface area contributed by atoms with E-state index in [-0.39, 0.29) is 0 Å². The van der Waals surface area contributed by atoms with Gasteiger partial charge < -0.3 is 5.32 Å². The second-order valence-electron chi connectivity index (χ2n) is 8.20. The number of rotatable bonds is 1. The van der Waals surface area contributed by atoms with Gasteiger partial charge in [0, 0.05) is 31.2 Å². The Kier molecular flexibility index (Phi) is 2.58. The van der Waals surface area contributed by atoms with Crippen LogP contribution in [-0.4, -0.2) is 36.1 Å². The summed E-state index contributed by atoms with van der Waals surface area (Å²) in [5, 5.41) is 3.67. The average molecular weight is 248 g/mol. The highest BCUT2D eigenvalue weighted by molar-refractivity contribution is 5.04. The van der Waals surface area contributed by atoms with Crippen molar-refractivity contribution in [2.45, 2.75) is 57.5 Å². The fourth-order valence-electron chi connectivity index (χ4n) is 5.93. The second kappa shape index (κ2) is 3.96. The molecule has 0 radical (unpaired) electrons. The lowest BCUT2D eigenvalue weighted by Crippen LogP contribution is -2.64. The first-order chi connectivity index (χ1) is 8.61. The Hall–Kier alpha value is -0.0800. The monoisotopic (exact) mass is 248 g/mol. The zero-order valence-electron chi connectivity index (χ0n) is 12.0. The van der Waals surface area contributed by atoms with Gasteiger partial charge in [-0.1, -0.05) is 0 Å². The molecule has 1 saturated heterocycles. The summed E-state index contributed by atoms with van der Waals surface area (Å²) >= 11 is 0. The van der Waals surface area contributed by atoms with Gasteiger partial charge in [-0.15, -0.1) is 0 Å². The topological polar surface area (TPSA) is 15.3 Å². The van der Waals surface area contributed by atoms with Gasteiger partial charge in [0.1, 0.15) is 0 Å². The maximum atomic E-state index is 3.67. The van der Waals surface area contributed by atoms with E-state index in [1.165, 1.54) is 19.6 Å². The van der Waals surface area contributed by atoms with Crippen LogP contribution in [0.25, 0.3) is 0 Å². The van der Waals surface area contributed by atoms with E-state index < -0.39 is 0 Å². The molecule has 4 bridgehead atoms. The van der Waals surface area contributed by atoms with Crippen LogP contribution < -0.4 is 5.32 Å². The highest BCUT2D eigenvalue weighted by Crippen LogP contribution is 2.55. The second-order valence-corrected chi connectivity index (χ2v) is 8.20. The third kappa shape index (κ3) is 1.84. The number of hydrogen-bond acceptors (Lipinski definition) is 2. The summed E-state index contributed by atoms with van der Waals surface area (Å²) in [6.45, 7) is 8.48. The minimum absolute atomic E-state index is 0.326. The largest absolute Gasteiger partial charge is 0.309 e. The van der Waals surface area contributed by atoms with Crippen molar-refractivity contribution in [3.8, 4) is 0 Å². The van der Waals surface area contributed by atoms with Gasteiger partial charge in [0.25, 0.3) is 0 Å². The molecule has 0 aromatic heterocycles. The average Bonchev–Trinajstić information content (AvgIpc) is 2.25. The first-order valence-electron chi connectivity index (χ1n) is 8.10. The van der Waals surface area contributed by atoms with Crippen LogP contribution in [0.3, 0.4) is 0 Å². The van der Waals surface area contributed by atoms with Gasteiger partial charge in [0.05, 0.1) is 0 Å². The van der Waals surface area contributed by atoms with E-state index in [0.717, 1.165) is 29.7 Å². The molecule has 5 aliphatic rings. The smallest absolute Gasteiger partial charge is 0.0252 e. The minimum Gasteiger partial charge on any atom is -0.309 e. The number of hydrogen-bond donors (Lipinski definition) is 1. The fraction of sp³-hybridized carbons (Fsp3) is 1.00. The Morgan fingerprint density at radius 1 is 0.944 bits per heavy atom. The Morgan fingerprint density at radius 3 is 2.11 bits per heavy atom. The molecule has 5 rings (SSSR count). The van der Waals surface area contributed by atoms with Crippen LogP contribution in [-0.2, 0) is 0 Å². The van der Waals surface area contributed by atoms with Gasteiger partial charge in [-0.2, -0.15) is 0 Å². The zero-order valence-corrected chi connectivity index (χ0v) is 12.0. The summed E-state index contributed by atoms with van der Waals surface area (Å²) in [6.07, 6.45) is 7.81. The maximum absolute atomic E-state index is 3.67. The van der Waals surface area contributed by atoms with Crippen LogP contribution in [0.5, 0.6) is 0 Å². The molecule has 18 heavy (non-hydrogen) atoms. The molecule has 0 aromatic carbocycles. The molecule has 1 heterocycles. The molecule has 1 aliphatic heterocycles. The first-order valence-corrected chi connectivity index (χ1v) is 8.10. The Bertz CT molecular complexity index is 308. The van der Waals surface area contributed by atoms with E-state index >= 15 is 0 Å². The lowest BCUT2D eigenvalue weighted by Gasteiger charge is -2.59. The van der Waals surface area contributed by atoms with Crippen molar-refractivity contribution < 1.29 is 0 Å². The summed E-state index contributed by atoms with van der Waals surface area (Å²) in [5.41, 5.74) is 0.326. The predicted molar refractivity (Wildman–Crippen MR) is 74.5 cm³/mol. The minimum atomic E-state index is 0.326. The first kappa shape index (κ1) is 11.7. The molecule has 0 spiro atoms. The van der Waals surface area contributed by atoms with E-state index in [4.69, 9.17) is 0 Å². The third-order valence-corrected chi connectivity index (χ3v) is 6.20. The Labute approximate surface area is 111 Å². The molecule has 102 valence electrons. The van der Waals surface area contributed by atoms with Crippen molar-refractivity contribution in [1.29, 1.82) is 0 Å². The zero-order chi connectivity index (χ0) is 12.3. The maximum Gasteiger partial charge on any atom is 0.0252 e. The molecular formula is C16H28N2. The lowest BCUT2D eigenvalue weighted by molar-refractivity contribution is -0.0770. The van der Waals surface area contributed by atoms with E-state index in [0.29, 0.717) is 5.54 Å². The van der Waals surface area contributed by atoms with Gasteiger partial charge in [-0.3, -0.25) is 4.90 Å². The van der Waals surface area contributed by atoms with Crippen LogP contribution >= 0.6 is 0 Å². The van der Waals surface area contributed by atoms with Crippen molar-refractivity contribution in [3.63, 3.8) is 0 Å². The highest BCUT2D eigenvalue weighted by Gasteiger charge is 2.50. The third-order valence-electron chi connectivity index (χ3n) is 6.20. The Morgan fingerprint density at radius 2 is 1.56 bits per heavy atom. The van der Waals surface area contributed by atoms with Crippen molar-refractivity contribution in [1.82, 2.24) is 10.2 Å². The molecule has 0 amide bonds. The molecule has 1 N–H and O–H groups in total. The molecule has 5 fully saturated rings. The molecule has 2 nitrogen and oxygen atoms in total. The SMILES string of the molecule is CC1(C)CN(C2C3CC4CC(C3)CC2C4)CCN1. The summed E-state index contributed by atoms with van der Waals surface area (Å²) in [4.78, 5) is 2.86. The summed E-state index contributed by atoms with van der Waals surface area (Å²) in [6, 6.07) is 0.944. The summed E-state index contributed by atoms with van der Waals surface area (Å²) in [5.74, 6) is 4.32. The molecular weight excluding hydrogens is 220 g/mol.